The summed E-state index contributed by atoms with van der Waals surface area (Å²) in [7, 11) is 0. The Morgan fingerprint density at radius 3 is 2.45 bits per heavy atom. The number of carbonyl (C=O) groups is 2. The zero-order chi connectivity index (χ0) is 21.0. The maximum absolute atomic E-state index is 13.5. The van der Waals surface area contributed by atoms with Crippen LogP contribution in [0.4, 0.5) is 23.7 Å². The molecule has 0 atom stereocenters. The lowest BCUT2D eigenvalue weighted by atomic mass is 10.2. The van der Waals surface area contributed by atoms with E-state index >= 15 is 0 Å². The molecule has 11 heteroatoms. The van der Waals surface area contributed by atoms with Gasteiger partial charge in [0.15, 0.2) is 5.69 Å². The van der Waals surface area contributed by atoms with E-state index in [9.17, 15) is 22.8 Å². The van der Waals surface area contributed by atoms with Crippen LogP contribution in [0, 0.1) is 0 Å². The lowest BCUT2D eigenvalue weighted by molar-refractivity contribution is -0.143. The molecule has 1 aliphatic heterocycles. The van der Waals surface area contributed by atoms with Crippen molar-refractivity contribution in [1.82, 2.24) is 14.7 Å². The standard InChI is InChI=1S/C18H19F3N4O4/c1-2-29-16(26)14-11-22-25(15(14)18(19,20)21)13-5-3-12(4-6-13)23-17(27)24-7-9-28-10-8-24/h3-6,11H,2,7-10H2,1H3,(H,23,27). The van der Waals surface area contributed by atoms with Crippen LogP contribution in [0.15, 0.2) is 30.5 Å². The summed E-state index contributed by atoms with van der Waals surface area (Å²) in [5.74, 6) is -1.10. The maximum Gasteiger partial charge on any atom is 0.434 e. The van der Waals surface area contributed by atoms with Gasteiger partial charge in [0.1, 0.15) is 5.56 Å². The smallest absolute Gasteiger partial charge is 0.434 e. The third kappa shape index (κ3) is 4.67. The second-order valence-corrected chi connectivity index (χ2v) is 6.11. The number of nitrogens with one attached hydrogen (secondary N) is 1. The van der Waals surface area contributed by atoms with Gasteiger partial charge in [0.2, 0.25) is 0 Å². The number of rotatable bonds is 4. The number of aromatic nitrogens is 2. The summed E-state index contributed by atoms with van der Waals surface area (Å²) in [6.07, 6.45) is -3.99. The first-order valence-electron chi connectivity index (χ1n) is 8.87. The number of anilines is 1. The molecule has 3 rings (SSSR count). The Labute approximate surface area is 164 Å². The molecule has 1 aliphatic rings. The molecule has 1 aromatic heterocycles. The zero-order valence-corrected chi connectivity index (χ0v) is 15.5. The predicted molar refractivity (Wildman–Crippen MR) is 95.9 cm³/mol. The summed E-state index contributed by atoms with van der Waals surface area (Å²) in [6.45, 7) is 3.27. The van der Waals surface area contributed by atoms with Crippen molar-refractivity contribution in [3.63, 3.8) is 0 Å². The highest BCUT2D eigenvalue weighted by Crippen LogP contribution is 2.34. The molecule has 29 heavy (non-hydrogen) atoms. The fourth-order valence-electron chi connectivity index (χ4n) is 2.83. The zero-order valence-electron chi connectivity index (χ0n) is 15.5. The molecule has 1 aromatic carbocycles. The fourth-order valence-corrected chi connectivity index (χ4v) is 2.83. The Morgan fingerprint density at radius 1 is 1.21 bits per heavy atom. The van der Waals surface area contributed by atoms with Crippen LogP contribution in [-0.4, -0.2) is 59.6 Å². The second-order valence-electron chi connectivity index (χ2n) is 6.11. The van der Waals surface area contributed by atoms with Gasteiger partial charge in [0.25, 0.3) is 0 Å². The summed E-state index contributed by atoms with van der Waals surface area (Å²) in [5.41, 5.74) is -1.39. The number of nitrogens with zero attached hydrogens (tertiary/aromatic N) is 3. The van der Waals surface area contributed by atoms with Crippen LogP contribution in [-0.2, 0) is 15.7 Å². The summed E-state index contributed by atoms with van der Waals surface area (Å²) in [4.78, 5) is 25.6. The van der Waals surface area contributed by atoms with Crippen molar-refractivity contribution in [1.29, 1.82) is 0 Å². The molecular weight excluding hydrogens is 393 g/mol. The number of amides is 2. The molecule has 1 fully saturated rings. The number of halogens is 3. The Morgan fingerprint density at radius 2 is 1.86 bits per heavy atom. The van der Waals surface area contributed by atoms with Crippen LogP contribution in [0.25, 0.3) is 5.69 Å². The maximum atomic E-state index is 13.5. The molecule has 156 valence electrons. The van der Waals surface area contributed by atoms with Gasteiger partial charge in [-0.25, -0.2) is 14.3 Å². The largest absolute Gasteiger partial charge is 0.462 e. The lowest BCUT2D eigenvalue weighted by Gasteiger charge is -2.26. The first kappa shape index (κ1) is 20.6. The number of hydrogen-bond donors (Lipinski definition) is 1. The Kier molecular flexibility index (Phi) is 6.06. The summed E-state index contributed by atoms with van der Waals surface area (Å²) in [6, 6.07) is 5.33. The van der Waals surface area contributed by atoms with Crippen LogP contribution in [0.3, 0.4) is 0 Å². The SMILES string of the molecule is CCOC(=O)c1cnn(-c2ccc(NC(=O)N3CCOCC3)cc2)c1C(F)(F)F. The third-order valence-corrected chi connectivity index (χ3v) is 4.19. The minimum absolute atomic E-state index is 0.0567. The molecule has 8 nitrogen and oxygen atoms in total. The number of urea groups is 1. The van der Waals surface area contributed by atoms with Gasteiger partial charge < -0.3 is 19.7 Å². The van der Waals surface area contributed by atoms with Crippen LogP contribution in [0.5, 0.6) is 0 Å². The highest BCUT2D eigenvalue weighted by atomic mass is 19.4. The minimum Gasteiger partial charge on any atom is -0.462 e. The van der Waals surface area contributed by atoms with Crippen molar-refractivity contribution >= 4 is 17.7 Å². The number of hydrogen-bond acceptors (Lipinski definition) is 5. The van der Waals surface area contributed by atoms with Crippen molar-refractivity contribution < 1.29 is 32.2 Å². The monoisotopic (exact) mass is 412 g/mol. The van der Waals surface area contributed by atoms with Gasteiger partial charge >= 0.3 is 18.2 Å². The van der Waals surface area contributed by atoms with Gasteiger partial charge in [-0.2, -0.15) is 18.3 Å². The number of alkyl halides is 3. The number of benzene rings is 1. The van der Waals surface area contributed by atoms with Gasteiger partial charge in [-0.1, -0.05) is 0 Å². The van der Waals surface area contributed by atoms with E-state index in [1.807, 2.05) is 0 Å². The first-order valence-corrected chi connectivity index (χ1v) is 8.87. The molecule has 1 saturated heterocycles. The van der Waals surface area contributed by atoms with Gasteiger partial charge in [0, 0.05) is 18.8 Å². The van der Waals surface area contributed by atoms with E-state index in [2.05, 4.69) is 15.2 Å². The summed E-state index contributed by atoms with van der Waals surface area (Å²) >= 11 is 0. The van der Waals surface area contributed by atoms with Crippen LogP contribution >= 0.6 is 0 Å². The summed E-state index contributed by atoms with van der Waals surface area (Å²) in [5, 5.41) is 6.39. The van der Waals surface area contributed by atoms with E-state index < -0.39 is 23.4 Å². The molecule has 0 unspecified atom stereocenters. The normalized spacial score (nSPS) is 14.6. The summed E-state index contributed by atoms with van der Waals surface area (Å²) < 4.78 is 51.1. The fraction of sp³-hybridized carbons (Fsp3) is 0.389. The van der Waals surface area contributed by atoms with Crippen molar-refractivity contribution in [2.75, 3.05) is 38.2 Å². The van der Waals surface area contributed by atoms with Gasteiger partial charge in [0.05, 0.1) is 31.7 Å². The highest BCUT2D eigenvalue weighted by Gasteiger charge is 2.41. The quantitative estimate of drug-likeness (QED) is 0.781. The predicted octanol–water partition coefficient (Wildman–Crippen LogP) is 2.93. The molecule has 2 amide bonds. The topological polar surface area (TPSA) is 85.7 Å². The molecule has 0 spiro atoms. The van der Waals surface area contributed by atoms with Crippen LogP contribution in [0.1, 0.15) is 23.0 Å². The van der Waals surface area contributed by atoms with E-state index in [4.69, 9.17) is 4.74 Å². The van der Waals surface area contributed by atoms with Crippen molar-refractivity contribution in [3.05, 3.63) is 41.7 Å². The highest BCUT2D eigenvalue weighted by molar-refractivity contribution is 5.91. The second kappa shape index (κ2) is 8.52. The van der Waals surface area contributed by atoms with Gasteiger partial charge in [-0.05, 0) is 31.2 Å². The Hall–Kier alpha value is -3.08. The average molecular weight is 412 g/mol. The van der Waals surface area contributed by atoms with Crippen LogP contribution < -0.4 is 5.32 Å². The van der Waals surface area contributed by atoms with E-state index in [0.717, 1.165) is 6.20 Å². The molecule has 2 aromatic rings. The number of esters is 1. The molecule has 0 aliphatic carbocycles. The molecular formula is C18H19F3N4O4. The van der Waals surface area contributed by atoms with Crippen LogP contribution in [0.2, 0.25) is 0 Å². The average Bonchev–Trinajstić information content (AvgIpc) is 3.15. The van der Waals surface area contributed by atoms with E-state index in [-0.39, 0.29) is 18.3 Å². The minimum atomic E-state index is -4.82. The van der Waals surface area contributed by atoms with E-state index in [1.165, 1.54) is 31.2 Å². The first-order chi connectivity index (χ1) is 13.8. The number of morpholine rings is 1. The van der Waals surface area contributed by atoms with Gasteiger partial charge in [-0.3, -0.25) is 0 Å². The molecule has 0 saturated carbocycles. The Balaban J connectivity index is 1.82. The van der Waals surface area contributed by atoms with Crippen molar-refractivity contribution in [2.45, 2.75) is 13.1 Å². The number of ether oxygens (including phenoxy) is 2. The molecule has 2 heterocycles. The van der Waals surface area contributed by atoms with Gasteiger partial charge in [-0.15, -0.1) is 0 Å². The molecule has 1 N–H and O–H groups in total. The molecule has 0 radical (unpaired) electrons. The van der Waals surface area contributed by atoms with E-state index in [1.54, 1.807) is 4.90 Å². The Bertz CT molecular complexity index is 874. The molecule has 0 bridgehead atoms. The lowest BCUT2D eigenvalue weighted by Crippen LogP contribution is -2.43. The van der Waals surface area contributed by atoms with E-state index in [0.29, 0.717) is 36.7 Å². The third-order valence-electron chi connectivity index (χ3n) is 4.19. The van der Waals surface area contributed by atoms with Crippen molar-refractivity contribution in [3.8, 4) is 5.69 Å². The van der Waals surface area contributed by atoms with Crippen molar-refractivity contribution in [2.24, 2.45) is 0 Å². The number of carbonyl (C=O) groups excluding carboxylic acids is 2.